The van der Waals surface area contributed by atoms with Crippen molar-refractivity contribution in [1.29, 1.82) is 0 Å². The highest BCUT2D eigenvalue weighted by molar-refractivity contribution is 6.25. The molecule has 7 atom stereocenters. The number of carbonyl (C=O) groups is 1. The van der Waals surface area contributed by atoms with Crippen molar-refractivity contribution in [1.82, 2.24) is 0 Å². The second kappa shape index (κ2) is 4.82. The minimum atomic E-state index is -0.832. The summed E-state index contributed by atoms with van der Waals surface area (Å²) in [5.74, 6) is -0.707. The van der Waals surface area contributed by atoms with E-state index in [0.29, 0.717) is 19.3 Å². The number of ether oxygens (including phenoxy) is 2. The maximum atomic E-state index is 12.4. The predicted octanol–water partition coefficient (Wildman–Crippen LogP) is 2.60. The van der Waals surface area contributed by atoms with Crippen molar-refractivity contribution in [3.63, 3.8) is 0 Å². The minimum Gasteiger partial charge on any atom is -0.469 e. The third kappa shape index (κ3) is 1.94. The Hall–Kier alpha value is -0.880. The van der Waals surface area contributed by atoms with Crippen molar-refractivity contribution in [2.45, 2.75) is 56.2 Å². The smallest absolute Gasteiger partial charge is 0.309 e. The molecule has 3 saturated carbocycles. The fourth-order valence-corrected chi connectivity index (χ4v) is 6.18. The van der Waals surface area contributed by atoms with Gasteiger partial charge in [0.25, 0.3) is 0 Å². The van der Waals surface area contributed by atoms with Crippen LogP contribution >= 0.6 is 11.6 Å². The zero-order chi connectivity index (χ0) is 16.6. The first-order valence-corrected chi connectivity index (χ1v) is 8.82. The number of epoxide rings is 1. The molecule has 128 valence electrons. The third-order valence-electron chi connectivity index (χ3n) is 6.92. The zero-order valence-corrected chi connectivity index (χ0v) is 14.1. The highest BCUT2D eigenvalue weighted by Crippen LogP contribution is 2.75. The lowest BCUT2D eigenvalue weighted by Crippen LogP contribution is -2.55. The number of nitrogens with zero attached hydrogens (tertiary/aromatic N) is 1. The molecule has 4 rings (SSSR count). The van der Waals surface area contributed by atoms with Crippen molar-refractivity contribution in [3.05, 3.63) is 10.1 Å². The maximum Gasteiger partial charge on any atom is 0.309 e. The van der Waals surface area contributed by atoms with E-state index < -0.39 is 11.1 Å². The van der Waals surface area contributed by atoms with Crippen LogP contribution in [0.15, 0.2) is 0 Å². The molecule has 0 aromatic rings. The molecule has 0 N–H and O–H groups in total. The Morgan fingerprint density at radius 3 is 2.61 bits per heavy atom. The van der Waals surface area contributed by atoms with Crippen LogP contribution in [0.25, 0.3) is 0 Å². The molecule has 2 bridgehead atoms. The van der Waals surface area contributed by atoms with E-state index in [4.69, 9.17) is 21.1 Å². The number of carbonyl (C=O) groups excluding carboxylic acids is 1. The Labute approximate surface area is 140 Å². The normalized spacial score (nSPS) is 49.5. The molecule has 0 radical (unpaired) electrons. The number of esters is 1. The summed E-state index contributed by atoms with van der Waals surface area (Å²) in [6.45, 7) is 1.99. The molecule has 0 aromatic heterocycles. The van der Waals surface area contributed by atoms with Gasteiger partial charge in [-0.05, 0) is 31.1 Å². The summed E-state index contributed by atoms with van der Waals surface area (Å²) in [5, 5.41) is 10.9. The summed E-state index contributed by atoms with van der Waals surface area (Å²) >= 11 is 6.67. The maximum absolute atomic E-state index is 12.4. The molecular formula is C16H22ClNO5. The molecule has 1 spiro atoms. The van der Waals surface area contributed by atoms with Crippen molar-refractivity contribution in [2.24, 2.45) is 29.1 Å². The summed E-state index contributed by atoms with van der Waals surface area (Å²) in [6.07, 6.45) is 3.48. The molecular weight excluding hydrogens is 322 g/mol. The Morgan fingerprint density at radius 1 is 1.35 bits per heavy atom. The fourth-order valence-electron chi connectivity index (χ4n) is 5.81. The van der Waals surface area contributed by atoms with Crippen LogP contribution in [0.2, 0.25) is 0 Å². The van der Waals surface area contributed by atoms with Crippen molar-refractivity contribution < 1.29 is 19.2 Å². The van der Waals surface area contributed by atoms with Crippen molar-refractivity contribution in [3.8, 4) is 0 Å². The van der Waals surface area contributed by atoms with Crippen molar-refractivity contribution in [2.75, 3.05) is 7.11 Å². The molecule has 4 fully saturated rings. The Kier molecular flexibility index (Phi) is 3.28. The molecule has 3 aliphatic carbocycles. The van der Waals surface area contributed by atoms with Gasteiger partial charge in [-0.25, -0.2) is 0 Å². The van der Waals surface area contributed by atoms with Crippen LogP contribution in [0.3, 0.4) is 0 Å². The molecule has 1 heterocycles. The largest absolute Gasteiger partial charge is 0.469 e. The van der Waals surface area contributed by atoms with Crippen molar-refractivity contribution >= 4 is 17.6 Å². The number of alkyl halides is 1. The molecule has 23 heavy (non-hydrogen) atoms. The van der Waals surface area contributed by atoms with Crippen LogP contribution in [-0.4, -0.2) is 35.2 Å². The zero-order valence-electron chi connectivity index (χ0n) is 13.4. The van der Waals surface area contributed by atoms with E-state index in [1.807, 2.05) is 6.92 Å². The minimum absolute atomic E-state index is 0.0450. The second-order valence-corrected chi connectivity index (χ2v) is 8.31. The van der Waals surface area contributed by atoms with Crippen LogP contribution in [0.1, 0.15) is 39.0 Å². The summed E-state index contributed by atoms with van der Waals surface area (Å²) in [7, 11) is 1.41. The topological polar surface area (TPSA) is 82.0 Å². The van der Waals surface area contributed by atoms with Crippen LogP contribution in [0, 0.1) is 39.2 Å². The van der Waals surface area contributed by atoms with E-state index in [1.54, 1.807) is 0 Å². The average molecular weight is 344 g/mol. The highest BCUT2D eigenvalue weighted by atomic mass is 35.5. The predicted molar refractivity (Wildman–Crippen MR) is 81.4 cm³/mol. The number of rotatable bonds is 2. The van der Waals surface area contributed by atoms with E-state index in [-0.39, 0.29) is 46.1 Å². The lowest BCUT2D eigenvalue weighted by atomic mass is 9.56. The van der Waals surface area contributed by atoms with Gasteiger partial charge in [-0.15, -0.1) is 0 Å². The summed E-state index contributed by atoms with van der Waals surface area (Å²) in [4.78, 5) is 23.9. The van der Waals surface area contributed by atoms with Crippen LogP contribution in [-0.2, 0) is 14.3 Å². The second-order valence-electron chi connectivity index (χ2n) is 7.72. The Bertz CT molecular complexity index is 565. The van der Waals surface area contributed by atoms with Gasteiger partial charge < -0.3 is 9.47 Å². The van der Waals surface area contributed by atoms with Gasteiger partial charge >= 0.3 is 5.97 Å². The van der Waals surface area contributed by atoms with E-state index >= 15 is 0 Å². The van der Waals surface area contributed by atoms with Crippen LogP contribution in [0.4, 0.5) is 0 Å². The van der Waals surface area contributed by atoms with Gasteiger partial charge in [-0.1, -0.05) is 18.5 Å². The number of nitro groups is 1. The van der Waals surface area contributed by atoms with Crippen LogP contribution in [0.5, 0.6) is 0 Å². The number of methoxy groups -OCH3 is 1. The molecule has 0 aromatic carbocycles. The Morgan fingerprint density at radius 2 is 2.04 bits per heavy atom. The first kappa shape index (κ1) is 15.6. The molecule has 0 amide bonds. The van der Waals surface area contributed by atoms with Gasteiger partial charge in [0.05, 0.1) is 13.0 Å². The van der Waals surface area contributed by atoms with E-state index in [9.17, 15) is 14.9 Å². The monoisotopic (exact) mass is 343 g/mol. The van der Waals surface area contributed by atoms with Gasteiger partial charge in [0, 0.05) is 29.1 Å². The van der Waals surface area contributed by atoms with Gasteiger partial charge in [-0.2, -0.15) is 0 Å². The lowest BCUT2D eigenvalue weighted by Gasteiger charge is -2.46. The lowest BCUT2D eigenvalue weighted by molar-refractivity contribution is -0.540. The van der Waals surface area contributed by atoms with E-state index in [2.05, 4.69) is 0 Å². The first-order chi connectivity index (χ1) is 10.9. The number of hydrogen-bond acceptors (Lipinski definition) is 5. The Balaban J connectivity index is 1.80. The van der Waals surface area contributed by atoms with Gasteiger partial charge in [-0.3, -0.25) is 14.9 Å². The fraction of sp³-hybridized carbons (Fsp3) is 0.938. The van der Waals surface area contributed by atoms with Gasteiger partial charge in [0.2, 0.25) is 6.04 Å². The standard InChI is InChI=1S/C16H22ClNO5/c1-8-11-10(18(20)21)5-3-4-9(14(19)22-2)12(15(11)6-7-15)13-16(8,17)23-13/h8-13H,3-7H2,1-2H3/t8-,9-,10+,11?,12?,13+,16-/m0/s1. The number of halogens is 1. The average Bonchev–Trinajstić information content (AvgIpc) is 3.39. The first-order valence-electron chi connectivity index (χ1n) is 8.45. The molecule has 7 heteroatoms. The van der Waals surface area contributed by atoms with E-state index in [1.165, 1.54) is 7.11 Å². The molecule has 1 saturated heterocycles. The molecule has 4 aliphatic rings. The molecule has 2 unspecified atom stereocenters. The van der Waals surface area contributed by atoms with Gasteiger partial charge in [0.1, 0.15) is 6.10 Å². The summed E-state index contributed by atoms with van der Waals surface area (Å²) < 4.78 is 10.9. The molecule has 6 nitrogen and oxygen atoms in total. The third-order valence-corrected chi connectivity index (χ3v) is 7.57. The SMILES string of the molecule is COC(=O)[C@H]1CCC[C@@H]([N+](=O)[O-])C2[C@H](C)[C@]3(Cl)O[C@@H]3C1C21CC1. The summed E-state index contributed by atoms with van der Waals surface area (Å²) in [5.41, 5.74) is -0.171. The quantitative estimate of drug-likeness (QED) is 0.253. The van der Waals surface area contributed by atoms with Gasteiger partial charge in [0.15, 0.2) is 5.06 Å². The number of fused-ring (bicyclic) bond motifs is 2. The van der Waals surface area contributed by atoms with E-state index in [0.717, 1.165) is 12.8 Å². The molecule has 1 aliphatic heterocycles. The summed E-state index contributed by atoms with van der Waals surface area (Å²) in [6, 6.07) is -0.589. The number of hydrogen-bond donors (Lipinski definition) is 0. The van der Waals surface area contributed by atoms with Crippen LogP contribution < -0.4 is 0 Å². The highest BCUT2D eigenvalue weighted by Gasteiger charge is 2.80.